The van der Waals surface area contributed by atoms with E-state index in [1.807, 2.05) is 67.2 Å². The third kappa shape index (κ3) is 10.6. The average molecular weight is 650 g/mol. The van der Waals surface area contributed by atoms with E-state index >= 15 is 0 Å². The van der Waals surface area contributed by atoms with Crippen LogP contribution in [0.2, 0.25) is 0 Å². The summed E-state index contributed by atoms with van der Waals surface area (Å²) < 4.78 is 15.9. The lowest BCUT2D eigenvalue weighted by molar-refractivity contribution is 0.0106. The van der Waals surface area contributed by atoms with Gasteiger partial charge in [-0.05, 0) is 136 Å². The highest BCUT2D eigenvalue weighted by Crippen LogP contribution is 2.48. The van der Waals surface area contributed by atoms with Crippen LogP contribution in [0.25, 0.3) is 0 Å². The largest absolute Gasteiger partial charge is 0.444 e. The number of nitrogens with zero attached hydrogens (tertiary/aromatic N) is 2. The molecule has 4 unspecified atom stereocenters. The van der Waals surface area contributed by atoms with Crippen molar-refractivity contribution in [2.45, 2.75) is 124 Å². The summed E-state index contributed by atoms with van der Waals surface area (Å²) in [6.07, 6.45) is 7.23. The van der Waals surface area contributed by atoms with E-state index in [0.29, 0.717) is 29.2 Å². The number of amides is 3. The lowest BCUT2D eigenvalue weighted by Gasteiger charge is -2.39. The first-order valence-corrected chi connectivity index (χ1v) is 17.6. The molecule has 3 aliphatic carbocycles. The molecule has 1 spiro atoms. The summed E-state index contributed by atoms with van der Waals surface area (Å²) in [6, 6.07) is 0.327. The normalized spacial score (nSPS) is 30.6. The molecule has 0 aromatic rings. The summed E-state index contributed by atoms with van der Waals surface area (Å²) in [7, 11) is 0. The van der Waals surface area contributed by atoms with Crippen LogP contribution in [0.1, 0.15) is 101 Å². The third-order valence-corrected chi connectivity index (χ3v) is 10.2. The molecule has 46 heavy (non-hydrogen) atoms. The average Bonchev–Trinajstić information content (AvgIpc) is 3.42. The van der Waals surface area contributed by atoms with Crippen LogP contribution < -0.4 is 16.4 Å². The zero-order valence-corrected chi connectivity index (χ0v) is 30.1. The minimum Gasteiger partial charge on any atom is -0.444 e. The summed E-state index contributed by atoms with van der Waals surface area (Å²) in [5, 5.41) is 6.17. The first-order chi connectivity index (χ1) is 21.3. The number of nitrogens with one attached hydrogen (secondary N) is 2. The molecule has 6 rings (SSSR count). The van der Waals surface area contributed by atoms with Crippen molar-refractivity contribution in [2.75, 3.05) is 45.8 Å². The third-order valence-electron chi connectivity index (χ3n) is 10.2. The van der Waals surface area contributed by atoms with Crippen LogP contribution in [-0.4, -0.2) is 96.7 Å². The number of rotatable bonds is 2. The van der Waals surface area contributed by atoms with E-state index < -0.39 is 11.2 Å². The van der Waals surface area contributed by atoms with Crippen molar-refractivity contribution in [1.29, 1.82) is 0 Å². The van der Waals surface area contributed by atoms with Crippen molar-refractivity contribution in [3.8, 4) is 0 Å². The predicted molar refractivity (Wildman–Crippen MR) is 178 cm³/mol. The molecule has 3 saturated heterocycles. The summed E-state index contributed by atoms with van der Waals surface area (Å²) in [6.45, 7) is 23.4. The number of carbonyl (C=O) groups is 3. The number of alkyl carbamates (subject to hydrolysis) is 1. The first kappa shape index (κ1) is 36.6. The quantitative estimate of drug-likeness (QED) is 0.340. The van der Waals surface area contributed by atoms with Crippen LogP contribution in [-0.2, 0) is 14.2 Å². The minimum absolute atomic E-state index is 0.134. The molecule has 6 fully saturated rings. The Bertz CT molecular complexity index is 1040. The van der Waals surface area contributed by atoms with Crippen LogP contribution in [0.15, 0.2) is 0 Å². The van der Waals surface area contributed by atoms with Gasteiger partial charge >= 0.3 is 18.3 Å². The molecular formula is C35H63N5O6. The van der Waals surface area contributed by atoms with Gasteiger partial charge in [0.2, 0.25) is 0 Å². The molecule has 4 N–H and O–H groups in total. The maximum atomic E-state index is 11.9. The lowest BCUT2D eigenvalue weighted by Crippen LogP contribution is -2.44. The SMILES string of the molecule is CC(C)(C)OC(=O)N1CC2C(N)C2C1.CC(C)(C)OC(=O)N1CCC2(CCCC2)CC1.CC(C)(C)OC(=O)NCC1C2CNCC21. The van der Waals surface area contributed by atoms with Crippen molar-refractivity contribution in [3.63, 3.8) is 0 Å². The van der Waals surface area contributed by atoms with Gasteiger partial charge in [0.25, 0.3) is 0 Å². The number of likely N-dealkylation sites (tertiary alicyclic amines) is 2. The van der Waals surface area contributed by atoms with Gasteiger partial charge in [0.05, 0.1) is 0 Å². The summed E-state index contributed by atoms with van der Waals surface area (Å²) in [5.74, 6) is 3.32. The molecule has 0 aromatic carbocycles. The zero-order valence-electron chi connectivity index (χ0n) is 30.1. The second-order valence-corrected chi connectivity index (χ2v) is 17.5. The van der Waals surface area contributed by atoms with E-state index in [1.54, 1.807) is 4.90 Å². The first-order valence-electron chi connectivity index (χ1n) is 17.6. The fourth-order valence-corrected chi connectivity index (χ4v) is 7.53. The number of ether oxygens (including phenoxy) is 3. The minimum atomic E-state index is -0.398. The van der Waals surface area contributed by atoms with Gasteiger partial charge in [-0.1, -0.05) is 12.8 Å². The molecule has 3 aliphatic heterocycles. The maximum absolute atomic E-state index is 11.9. The number of hydrogen-bond acceptors (Lipinski definition) is 8. The van der Waals surface area contributed by atoms with Crippen molar-refractivity contribution < 1.29 is 28.6 Å². The maximum Gasteiger partial charge on any atom is 0.410 e. The van der Waals surface area contributed by atoms with Crippen LogP contribution in [0, 0.1) is 35.0 Å². The summed E-state index contributed by atoms with van der Waals surface area (Å²) in [4.78, 5) is 38.5. The predicted octanol–water partition coefficient (Wildman–Crippen LogP) is 5.36. The van der Waals surface area contributed by atoms with Crippen molar-refractivity contribution in [3.05, 3.63) is 0 Å². The van der Waals surface area contributed by atoms with E-state index in [2.05, 4.69) is 10.6 Å². The van der Waals surface area contributed by atoms with Crippen LogP contribution in [0.4, 0.5) is 14.4 Å². The Morgan fingerprint density at radius 1 is 0.717 bits per heavy atom. The van der Waals surface area contributed by atoms with Crippen molar-refractivity contribution in [2.24, 2.45) is 40.7 Å². The summed E-state index contributed by atoms with van der Waals surface area (Å²) in [5.41, 5.74) is 5.18. The monoisotopic (exact) mass is 649 g/mol. The fraction of sp³-hybridized carbons (Fsp3) is 0.914. The molecular weight excluding hydrogens is 586 g/mol. The van der Waals surface area contributed by atoms with Crippen LogP contribution in [0.3, 0.4) is 0 Å². The van der Waals surface area contributed by atoms with Gasteiger partial charge in [0, 0.05) is 38.8 Å². The highest BCUT2D eigenvalue weighted by Gasteiger charge is 2.55. The highest BCUT2D eigenvalue weighted by atomic mass is 16.6. The van der Waals surface area contributed by atoms with E-state index in [4.69, 9.17) is 19.9 Å². The van der Waals surface area contributed by atoms with Gasteiger partial charge in [-0.2, -0.15) is 0 Å². The molecule has 3 heterocycles. The van der Waals surface area contributed by atoms with Crippen LogP contribution in [0.5, 0.6) is 0 Å². The van der Waals surface area contributed by atoms with Gasteiger partial charge in [0.1, 0.15) is 16.8 Å². The highest BCUT2D eigenvalue weighted by molar-refractivity contribution is 5.69. The number of fused-ring (bicyclic) bond motifs is 2. The van der Waals surface area contributed by atoms with Gasteiger partial charge in [0.15, 0.2) is 0 Å². The molecule has 3 amide bonds. The lowest BCUT2D eigenvalue weighted by atomic mass is 9.77. The van der Waals surface area contributed by atoms with Gasteiger partial charge in [-0.25, -0.2) is 14.4 Å². The molecule has 0 bridgehead atoms. The van der Waals surface area contributed by atoms with Gasteiger partial charge < -0.3 is 40.4 Å². The van der Waals surface area contributed by atoms with Crippen molar-refractivity contribution >= 4 is 18.3 Å². The Hall–Kier alpha value is -2.27. The molecule has 264 valence electrons. The molecule has 0 aromatic heterocycles. The Balaban J connectivity index is 0.000000157. The van der Waals surface area contributed by atoms with E-state index in [1.165, 1.54) is 38.5 Å². The smallest absolute Gasteiger partial charge is 0.410 e. The molecule has 11 heteroatoms. The van der Waals surface area contributed by atoms with Crippen molar-refractivity contribution in [1.82, 2.24) is 20.4 Å². The van der Waals surface area contributed by atoms with E-state index in [0.717, 1.165) is 57.6 Å². The number of nitrogens with two attached hydrogens (primary N) is 1. The Labute approximate surface area is 277 Å². The molecule has 4 atom stereocenters. The standard InChI is InChI=1S/C14H25NO2.C11H20N2O2.C10H18N2O2/c1-13(2,3)17-12(16)15-10-8-14(9-11-15)6-4-5-7-14;1-11(2,3)15-10(14)13-6-9-7-4-12-5-8(7)9;1-10(2,3)14-9(13)12-4-6-7(5-12)8(6)11/h4-11H2,1-3H3;7-9,12H,4-6H2,1-3H3,(H,13,14);6-8H,4-5,11H2,1-3H3. The number of hydrogen-bond donors (Lipinski definition) is 3. The fourth-order valence-electron chi connectivity index (χ4n) is 7.53. The molecule has 3 saturated carbocycles. The zero-order chi connectivity index (χ0) is 34.1. The van der Waals surface area contributed by atoms with Gasteiger partial charge in [-0.15, -0.1) is 0 Å². The molecule has 11 nitrogen and oxygen atoms in total. The van der Waals surface area contributed by atoms with Crippen LogP contribution >= 0.6 is 0 Å². The molecule has 6 aliphatic rings. The Morgan fingerprint density at radius 3 is 1.63 bits per heavy atom. The molecule has 0 radical (unpaired) electrons. The van der Waals surface area contributed by atoms with E-state index in [-0.39, 0.29) is 23.9 Å². The second kappa shape index (κ2) is 14.1. The number of carbonyl (C=O) groups excluding carboxylic acids is 3. The Kier molecular flexibility index (Phi) is 11.2. The van der Waals surface area contributed by atoms with E-state index in [9.17, 15) is 14.4 Å². The topological polar surface area (TPSA) is 135 Å². The summed E-state index contributed by atoms with van der Waals surface area (Å²) >= 11 is 0. The Morgan fingerprint density at radius 2 is 1.17 bits per heavy atom. The second-order valence-electron chi connectivity index (χ2n) is 17.5. The van der Waals surface area contributed by atoms with Gasteiger partial charge in [-0.3, -0.25) is 0 Å². The number of piperidine rings is 3.